The first-order valence-electron chi connectivity index (χ1n) is 5.79. The third kappa shape index (κ3) is 1.72. The van der Waals surface area contributed by atoms with Gasteiger partial charge in [0.15, 0.2) is 0 Å². The first-order chi connectivity index (χ1) is 9.45. The molecule has 5 nitrogen and oxygen atoms in total. The van der Waals surface area contributed by atoms with Crippen molar-refractivity contribution in [1.29, 1.82) is 0 Å². The fraction of sp³-hybridized carbons (Fsp3) is 0.154. The predicted molar refractivity (Wildman–Crippen MR) is 77.9 cm³/mol. The predicted octanol–water partition coefficient (Wildman–Crippen LogP) is 2.12. The van der Waals surface area contributed by atoms with Gasteiger partial charge in [0.25, 0.3) is 11.5 Å². The number of fused-ring (bicyclic) bond motifs is 1. The molecule has 20 heavy (non-hydrogen) atoms. The van der Waals surface area contributed by atoms with E-state index in [1.807, 2.05) is 0 Å². The molecule has 1 amide bonds. The zero-order valence-electron chi connectivity index (χ0n) is 10.4. The standard InChI is InChI=1S/C13H9BrClN3O2/c1-13(7-3-2-4-16-6-7)17-11(19)10-9(15)5-8(14)12(20)18(10)13/h2-6H,1H3,(H,17,19). The molecule has 3 rings (SSSR count). The summed E-state index contributed by atoms with van der Waals surface area (Å²) in [4.78, 5) is 28.6. The van der Waals surface area contributed by atoms with Crippen LogP contribution >= 0.6 is 27.5 Å². The van der Waals surface area contributed by atoms with E-state index in [1.165, 1.54) is 10.6 Å². The second kappa shape index (κ2) is 4.43. The Morgan fingerprint density at radius 2 is 2.20 bits per heavy atom. The summed E-state index contributed by atoms with van der Waals surface area (Å²) >= 11 is 9.26. The molecule has 0 radical (unpaired) electrons. The van der Waals surface area contributed by atoms with Gasteiger partial charge in [-0.1, -0.05) is 17.7 Å². The minimum atomic E-state index is -1.01. The summed E-state index contributed by atoms with van der Waals surface area (Å²) < 4.78 is 1.66. The van der Waals surface area contributed by atoms with E-state index >= 15 is 0 Å². The molecule has 0 bridgehead atoms. The quantitative estimate of drug-likeness (QED) is 0.853. The SMILES string of the molecule is CC1(c2cccnc2)NC(=O)c2c(Cl)cc(Br)c(=O)n21. The van der Waals surface area contributed by atoms with Gasteiger partial charge in [0.1, 0.15) is 11.4 Å². The number of pyridine rings is 2. The average Bonchev–Trinajstić information content (AvgIpc) is 2.70. The van der Waals surface area contributed by atoms with Crippen molar-refractivity contribution < 1.29 is 4.79 Å². The average molecular weight is 355 g/mol. The summed E-state index contributed by atoms with van der Waals surface area (Å²) in [7, 11) is 0. The second-order valence-corrected chi connectivity index (χ2v) is 5.86. The van der Waals surface area contributed by atoms with Crippen LogP contribution in [0.5, 0.6) is 0 Å². The van der Waals surface area contributed by atoms with Gasteiger partial charge in [0.2, 0.25) is 0 Å². The molecule has 1 aliphatic rings. The highest BCUT2D eigenvalue weighted by atomic mass is 79.9. The number of hydrogen-bond donors (Lipinski definition) is 1. The van der Waals surface area contributed by atoms with Gasteiger partial charge in [-0.3, -0.25) is 19.1 Å². The van der Waals surface area contributed by atoms with Crippen LogP contribution in [0.3, 0.4) is 0 Å². The van der Waals surface area contributed by atoms with Crippen LogP contribution in [-0.4, -0.2) is 15.5 Å². The maximum Gasteiger partial charge on any atom is 0.271 e. The summed E-state index contributed by atoms with van der Waals surface area (Å²) in [5.74, 6) is -0.383. The number of rotatable bonds is 1. The summed E-state index contributed by atoms with van der Waals surface area (Å²) in [6.45, 7) is 1.74. The molecule has 0 aromatic carbocycles. The van der Waals surface area contributed by atoms with E-state index in [-0.39, 0.29) is 22.2 Å². The van der Waals surface area contributed by atoms with Crippen molar-refractivity contribution in [2.24, 2.45) is 0 Å². The van der Waals surface area contributed by atoms with E-state index in [2.05, 4.69) is 26.2 Å². The number of halogens is 2. The normalized spacial score (nSPS) is 20.6. The van der Waals surface area contributed by atoms with Crippen molar-refractivity contribution in [1.82, 2.24) is 14.9 Å². The molecule has 7 heteroatoms. The van der Waals surface area contributed by atoms with Crippen LogP contribution in [0.2, 0.25) is 5.02 Å². The van der Waals surface area contributed by atoms with E-state index in [4.69, 9.17) is 11.6 Å². The number of amides is 1. The third-order valence-electron chi connectivity index (χ3n) is 3.35. The highest BCUT2D eigenvalue weighted by Crippen LogP contribution is 2.32. The summed E-state index contributed by atoms with van der Waals surface area (Å²) in [5, 5.41) is 3.02. The van der Waals surface area contributed by atoms with Crippen LogP contribution < -0.4 is 10.9 Å². The van der Waals surface area contributed by atoms with Gasteiger partial charge in [-0.15, -0.1) is 0 Å². The van der Waals surface area contributed by atoms with Gasteiger partial charge in [-0.05, 0) is 35.0 Å². The van der Waals surface area contributed by atoms with Crippen molar-refractivity contribution in [3.05, 3.63) is 61.7 Å². The Morgan fingerprint density at radius 3 is 2.85 bits per heavy atom. The lowest BCUT2D eigenvalue weighted by molar-refractivity contribution is 0.0941. The number of carbonyl (C=O) groups is 1. The smallest absolute Gasteiger partial charge is 0.271 e. The maximum absolute atomic E-state index is 12.4. The number of carbonyl (C=O) groups excluding carboxylic acids is 1. The Hall–Kier alpha value is -1.66. The van der Waals surface area contributed by atoms with E-state index in [0.29, 0.717) is 10.0 Å². The van der Waals surface area contributed by atoms with E-state index in [1.54, 1.807) is 31.5 Å². The molecule has 3 heterocycles. The minimum absolute atomic E-state index is 0.159. The molecule has 1 atom stereocenters. The molecule has 1 N–H and O–H groups in total. The molecule has 0 saturated heterocycles. The van der Waals surface area contributed by atoms with Gasteiger partial charge >= 0.3 is 0 Å². The van der Waals surface area contributed by atoms with Crippen molar-refractivity contribution in [3.63, 3.8) is 0 Å². The molecule has 0 spiro atoms. The van der Waals surface area contributed by atoms with Gasteiger partial charge < -0.3 is 5.32 Å². The Balaban J connectivity index is 2.37. The zero-order chi connectivity index (χ0) is 14.5. The van der Waals surface area contributed by atoms with Crippen LogP contribution in [0.4, 0.5) is 0 Å². The minimum Gasteiger partial charge on any atom is -0.324 e. The third-order valence-corrected chi connectivity index (χ3v) is 4.21. The largest absolute Gasteiger partial charge is 0.324 e. The van der Waals surface area contributed by atoms with Gasteiger partial charge in [-0.25, -0.2) is 0 Å². The first kappa shape index (κ1) is 13.3. The molecule has 1 unspecified atom stereocenters. The summed E-state index contributed by atoms with van der Waals surface area (Å²) in [6.07, 6.45) is 3.23. The lowest BCUT2D eigenvalue weighted by Crippen LogP contribution is -2.45. The molecule has 2 aromatic heterocycles. The van der Waals surface area contributed by atoms with Crippen LogP contribution in [-0.2, 0) is 5.66 Å². The molecule has 2 aromatic rings. The van der Waals surface area contributed by atoms with Crippen LogP contribution in [0.15, 0.2) is 39.9 Å². The highest BCUT2D eigenvalue weighted by Gasteiger charge is 2.42. The highest BCUT2D eigenvalue weighted by molar-refractivity contribution is 9.10. The Kier molecular flexibility index (Phi) is 2.95. The molecule has 102 valence electrons. The molecular weight excluding hydrogens is 346 g/mol. The molecule has 1 aliphatic heterocycles. The summed E-state index contributed by atoms with van der Waals surface area (Å²) in [6, 6.07) is 4.98. The maximum atomic E-state index is 12.4. The zero-order valence-corrected chi connectivity index (χ0v) is 12.7. The van der Waals surface area contributed by atoms with Crippen LogP contribution in [0, 0.1) is 0 Å². The van der Waals surface area contributed by atoms with Crippen LogP contribution in [0.25, 0.3) is 0 Å². The van der Waals surface area contributed by atoms with Gasteiger partial charge in [-0.2, -0.15) is 0 Å². The van der Waals surface area contributed by atoms with Crippen molar-refractivity contribution in [3.8, 4) is 0 Å². The monoisotopic (exact) mass is 353 g/mol. The van der Waals surface area contributed by atoms with Gasteiger partial charge in [0.05, 0.1) is 9.50 Å². The fourth-order valence-corrected chi connectivity index (χ4v) is 3.20. The second-order valence-electron chi connectivity index (χ2n) is 4.60. The number of hydrogen-bond acceptors (Lipinski definition) is 3. The van der Waals surface area contributed by atoms with Crippen LogP contribution in [0.1, 0.15) is 23.0 Å². The summed E-state index contributed by atoms with van der Waals surface area (Å²) in [5.41, 5.74) is -0.478. The molecule has 0 fully saturated rings. The lowest BCUT2D eigenvalue weighted by atomic mass is 10.0. The van der Waals surface area contributed by atoms with Gasteiger partial charge in [0, 0.05) is 18.0 Å². The number of aromatic nitrogens is 2. The van der Waals surface area contributed by atoms with Crippen molar-refractivity contribution in [2.75, 3.05) is 0 Å². The Morgan fingerprint density at radius 1 is 1.45 bits per heavy atom. The Labute approximate surface area is 127 Å². The Bertz CT molecular complexity index is 775. The molecule has 0 aliphatic carbocycles. The molecule has 0 saturated carbocycles. The van der Waals surface area contributed by atoms with E-state index in [0.717, 1.165) is 0 Å². The van der Waals surface area contributed by atoms with Crippen molar-refractivity contribution >= 4 is 33.4 Å². The van der Waals surface area contributed by atoms with E-state index in [9.17, 15) is 9.59 Å². The first-order valence-corrected chi connectivity index (χ1v) is 6.97. The van der Waals surface area contributed by atoms with E-state index < -0.39 is 5.66 Å². The fourth-order valence-electron chi connectivity index (χ4n) is 2.38. The number of nitrogens with one attached hydrogen (secondary N) is 1. The van der Waals surface area contributed by atoms with Crippen molar-refractivity contribution in [2.45, 2.75) is 12.6 Å². The topological polar surface area (TPSA) is 64.0 Å². The lowest BCUT2D eigenvalue weighted by Gasteiger charge is -2.27. The number of nitrogens with zero attached hydrogens (tertiary/aromatic N) is 2. The molecular formula is C13H9BrClN3O2.